The normalized spacial score (nSPS) is 10.9. The number of fused-ring (bicyclic) bond motifs is 1. The lowest BCUT2D eigenvalue weighted by Gasteiger charge is -2.01. The van der Waals surface area contributed by atoms with Crippen molar-refractivity contribution in [2.75, 3.05) is 0 Å². The van der Waals surface area contributed by atoms with Crippen molar-refractivity contribution in [3.63, 3.8) is 0 Å². The van der Waals surface area contributed by atoms with Gasteiger partial charge in [0.1, 0.15) is 11.6 Å². The highest BCUT2D eigenvalue weighted by Crippen LogP contribution is 2.23. The second-order valence-electron chi connectivity index (χ2n) is 3.47. The van der Waals surface area contributed by atoms with Crippen LogP contribution in [0.3, 0.4) is 0 Å². The number of rotatable bonds is 1. The van der Waals surface area contributed by atoms with Gasteiger partial charge in [0, 0.05) is 25.4 Å². The van der Waals surface area contributed by atoms with Crippen molar-refractivity contribution >= 4 is 16.7 Å². The Morgan fingerprint density at radius 2 is 1.93 bits per heavy atom. The van der Waals surface area contributed by atoms with Gasteiger partial charge in [-0.25, -0.2) is 8.78 Å². The van der Waals surface area contributed by atoms with Crippen LogP contribution in [0, 0.1) is 11.6 Å². The zero-order chi connectivity index (χ0) is 11.2. The quantitative estimate of drug-likeness (QED) is 0.662. The molecule has 1 aromatic carbocycles. The van der Waals surface area contributed by atoms with E-state index in [2.05, 4.69) is 0 Å². The second-order valence-corrected chi connectivity index (χ2v) is 3.47. The topological polar surface area (TPSA) is 22.0 Å². The van der Waals surface area contributed by atoms with Gasteiger partial charge in [0.25, 0.3) is 0 Å². The maximum absolute atomic E-state index is 13.4. The molecule has 78 valence electrons. The molecule has 2 nitrogen and oxygen atoms in total. The van der Waals surface area contributed by atoms with Crippen LogP contribution in [0.5, 0.6) is 0 Å². The molecule has 4 heteroatoms. The Balaban J connectivity index is 2.88. The molecule has 0 N–H and O–H groups in total. The van der Waals surface area contributed by atoms with E-state index in [0.717, 1.165) is 6.07 Å². The summed E-state index contributed by atoms with van der Waals surface area (Å²) in [6.45, 7) is 1.39. The molecule has 1 heterocycles. The van der Waals surface area contributed by atoms with Crippen LogP contribution in [0.4, 0.5) is 8.78 Å². The van der Waals surface area contributed by atoms with Crippen molar-refractivity contribution < 1.29 is 13.6 Å². The average Bonchev–Trinajstić information content (AvgIpc) is 2.42. The average molecular weight is 209 g/mol. The van der Waals surface area contributed by atoms with E-state index >= 15 is 0 Å². The fourth-order valence-corrected chi connectivity index (χ4v) is 1.75. The molecule has 2 aromatic rings. The molecular weight excluding hydrogens is 200 g/mol. The number of benzene rings is 1. The minimum Gasteiger partial charge on any atom is -0.339 e. The Kier molecular flexibility index (Phi) is 2.07. The van der Waals surface area contributed by atoms with Gasteiger partial charge in [0.15, 0.2) is 5.78 Å². The lowest BCUT2D eigenvalue weighted by Crippen LogP contribution is -2.01. The molecule has 0 bridgehead atoms. The molecular formula is C11H9F2NO. The minimum absolute atomic E-state index is 0.173. The summed E-state index contributed by atoms with van der Waals surface area (Å²) in [4.78, 5) is 11.2. The van der Waals surface area contributed by atoms with Gasteiger partial charge in [-0.2, -0.15) is 0 Å². The zero-order valence-electron chi connectivity index (χ0n) is 8.34. The standard InChI is InChI=1S/C11H9F2NO/c1-6(15)10-4-7-3-8(12)5-9(13)11(7)14(10)2/h3-5H,1-2H3. The van der Waals surface area contributed by atoms with Crippen LogP contribution in [-0.2, 0) is 7.05 Å². The van der Waals surface area contributed by atoms with Crippen molar-refractivity contribution in [3.8, 4) is 0 Å². The second kappa shape index (κ2) is 3.15. The monoisotopic (exact) mass is 209 g/mol. The number of halogens is 2. The largest absolute Gasteiger partial charge is 0.339 e. The van der Waals surface area contributed by atoms with E-state index in [0.29, 0.717) is 11.1 Å². The molecule has 0 unspecified atom stereocenters. The molecule has 15 heavy (non-hydrogen) atoms. The van der Waals surface area contributed by atoms with Gasteiger partial charge in [-0.05, 0) is 12.1 Å². The molecule has 0 saturated carbocycles. The number of hydrogen-bond acceptors (Lipinski definition) is 1. The van der Waals surface area contributed by atoms with Crippen LogP contribution >= 0.6 is 0 Å². The Morgan fingerprint density at radius 1 is 1.27 bits per heavy atom. The predicted molar refractivity (Wildman–Crippen MR) is 52.8 cm³/mol. The number of aromatic nitrogens is 1. The van der Waals surface area contributed by atoms with Gasteiger partial charge < -0.3 is 4.57 Å². The highest BCUT2D eigenvalue weighted by Gasteiger charge is 2.13. The summed E-state index contributed by atoms with van der Waals surface area (Å²) in [5.74, 6) is -1.46. The number of Topliss-reactive ketones (excluding diaryl/α,β-unsaturated/α-hetero) is 1. The van der Waals surface area contributed by atoms with Crippen LogP contribution in [0.15, 0.2) is 18.2 Å². The van der Waals surface area contributed by atoms with E-state index in [1.165, 1.54) is 23.6 Å². The number of hydrogen-bond donors (Lipinski definition) is 0. The molecule has 0 atom stereocenters. The predicted octanol–water partition coefficient (Wildman–Crippen LogP) is 2.66. The molecule has 0 aliphatic carbocycles. The number of carbonyl (C=O) groups excluding carboxylic acids is 1. The molecule has 2 rings (SSSR count). The summed E-state index contributed by atoms with van der Waals surface area (Å²) in [5.41, 5.74) is 0.621. The summed E-state index contributed by atoms with van der Waals surface area (Å²) in [5, 5.41) is 0.403. The summed E-state index contributed by atoms with van der Waals surface area (Å²) >= 11 is 0. The van der Waals surface area contributed by atoms with E-state index in [-0.39, 0.29) is 11.3 Å². The van der Waals surface area contributed by atoms with Gasteiger partial charge >= 0.3 is 0 Å². The Morgan fingerprint density at radius 3 is 2.53 bits per heavy atom. The van der Waals surface area contributed by atoms with Crippen LogP contribution in [0.2, 0.25) is 0 Å². The van der Waals surface area contributed by atoms with Crippen molar-refractivity contribution in [1.29, 1.82) is 0 Å². The molecule has 0 fully saturated rings. The Bertz CT molecular complexity index is 557. The van der Waals surface area contributed by atoms with Gasteiger partial charge in [-0.15, -0.1) is 0 Å². The van der Waals surface area contributed by atoms with Crippen molar-refractivity contribution in [1.82, 2.24) is 4.57 Å². The van der Waals surface area contributed by atoms with Crippen molar-refractivity contribution in [2.45, 2.75) is 6.92 Å². The fraction of sp³-hybridized carbons (Fsp3) is 0.182. The smallest absolute Gasteiger partial charge is 0.176 e. The lowest BCUT2D eigenvalue weighted by molar-refractivity contribution is 0.101. The van der Waals surface area contributed by atoms with E-state index in [1.807, 2.05) is 0 Å². The molecule has 0 radical (unpaired) electrons. The number of carbonyl (C=O) groups is 1. The van der Waals surface area contributed by atoms with Crippen LogP contribution in [0.25, 0.3) is 10.9 Å². The summed E-state index contributed by atoms with van der Waals surface area (Å²) in [6, 6.07) is 3.51. The first-order valence-corrected chi connectivity index (χ1v) is 4.46. The van der Waals surface area contributed by atoms with Crippen LogP contribution < -0.4 is 0 Å². The maximum Gasteiger partial charge on any atom is 0.176 e. The molecule has 0 saturated heterocycles. The van der Waals surface area contributed by atoms with E-state index in [1.54, 1.807) is 7.05 Å². The molecule has 0 spiro atoms. The first kappa shape index (κ1) is 9.83. The first-order valence-electron chi connectivity index (χ1n) is 4.46. The SMILES string of the molecule is CC(=O)c1cc2cc(F)cc(F)c2n1C. The Hall–Kier alpha value is -1.71. The van der Waals surface area contributed by atoms with Gasteiger partial charge in [0.2, 0.25) is 0 Å². The van der Waals surface area contributed by atoms with Crippen molar-refractivity contribution in [3.05, 3.63) is 35.5 Å². The fourth-order valence-electron chi connectivity index (χ4n) is 1.75. The van der Waals surface area contributed by atoms with Crippen LogP contribution in [-0.4, -0.2) is 10.4 Å². The van der Waals surface area contributed by atoms with E-state index < -0.39 is 11.6 Å². The van der Waals surface area contributed by atoms with Gasteiger partial charge in [-0.1, -0.05) is 0 Å². The highest BCUT2D eigenvalue weighted by atomic mass is 19.1. The number of aryl methyl sites for hydroxylation is 1. The van der Waals surface area contributed by atoms with E-state index in [4.69, 9.17) is 0 Å². The number of ketones is 1. The minimum atomic E-state index is -0.653. The van der Waals surface area contributed by atoms with Gasteiger partial charge in [-0.3, -0.25) is 4.79 Å². The van der Waals surface area contributed by atoms with Gasteiger partial charge in [0.05, 0.1) is 11.2 Å². The maximum atomic E-state index is 13.4. The summed E-state index contributed by atoms with van der Waals surface area (Å²) < 4.78 is 27.8. The zero-order valence-corrected chi connectivity index (χ0v) is 8.34. The third-order valence-electron chi connectivity index (χ3n) is 2.41. The highest BCUT2D eigenvalue weighted by molar-refractivity contribution is 5.98. The third kappa shape index (κ3) is 1.42. The number of nitrogens with zero attached hydrogens (tertiary/aromatic N) is 1. The summed E-state index contributed by atoms with van der Waals surface area (Å²) in [7, 11) is 1.58. The third-order valence-corrected chi connectivity index (χ3v) is 2.41. The molecule has 0 aliphatic rings. The van der Waals surface area contributed by atoms with Crippen LogP contribution in [0.1, 0.15) is 17.4 Å². The molecule has 0 aliphatic heterocycles. The van der Waals surface area contributed by atoms with E-state index in [9.17, 15) is 13.6 Å². The lowest BCUT2D eigenvalue weighted by atomic mass is 10.2. The molecule has 0 amide bonds. The summed E-state index contributed by atoms with van der Waals surface area (Å²) in [6.07, 6.45) is 0. The van der Waals surface area contributed by atoms with Crippen molar-refractivity contribution in [2.24, 2.45) is 7.05 Å². The molecule has 1 aromatic heterocycles. The first-order chi connectivity index (χ1) is 7.00. The Labute approximate surface area is 85.1 Å².